The fraction of sp³-hybridized carbons (Fsp3) is 0.836. The van der Waals surface area contributed by atoms with Crippen molar-refractivity contribution < 1.29 is 33.7 Å². The molecule has 0 radical (unpaired) electrons. The summed E-state index contributed by atoms with van der Waals surface area (Å²) >= 11 is 0. The molecule has 62 heavy (non-hydrogen) atoms. The van der Waals surface area contributed by atoms with Crippen LogP contribution in [0.4, 0.5) is 0 Å². The van der Waals surface area contributed by atoms with E-state index in [9.17, 15) is 19.5 Å². The lowest BCUT2D eigenvalue weighted by atomic mass is 9.92. The number of carbonyl (C=O) groups is 3. The van der Waals surface area contributed by atoms with Crippen LogP contribution in [0.3, 0.4) is 0 Å². The molecule has 0 atom stereocenters. The van der Waals surface area contributed by atoms with Gasteiger partial charge in [0.15, 0.2) is 0 Å². The Kier molecular flexibility index (Phi) is 46.2. The van der Waals surface area contributed by atoms with Gasteiger partial charge >= 0.3 is 17.9 Å². The minimum Gasteiger partial charge on any atom is -0.465 e. The van der Waals surface area contributed by atoms with E-state index in [1.54, 1.807) is 0 Å². The van der Waals surface area contributed by atoms with E-state index in [0.717, 1.165) is 96.3 Å². The molecule has 0 aromatic carbocycles. The molecule has 0 saturated heterocycles. The molecule has 0 unspecified atom stereocenters. The van der Waals surface area contributed by atoms with E-state index in [4.69, 9.17) is 14.2 Å². The maximum Gasteiger partial charge on any atom is 0.305 e. The molecule has 0 aromatic heterocycles. The number of rotatable bonds is 48. The van der Waals surface area contributed by atoms with Gasteiger partial charge in [0, 0.05) is 19.3 Å². The van der Waals surface area contributed by atoms with Crippen molar-refractivity contribution in [2.45, 2.75) is 265 Å². The van der Waals surface area contributed by atoms with Crippen molar-refractivity contribution in [3.63, 3.8) is 0 Å². The molecular weight excluding hydrogens is 773 g/mol. The van der Waals surface area contributed by atoms with Crippen molar-refractivity contribution in [3.05, 3.63) is 36.5 Å². The van der Waals surface area contributed by atoms with E-state index < -0.39 is 12.0 Å². The van der Waals surface area contributed by atoms with Gasteiger partial charge in [0.1, 0.15) is 19.8 Å². The molecular formula is C55H100O7. The number of unbranched alkanes of at least 4 members (excludes halogenated alkanes) is 29. The van der Waals surface area contributed by atoms with Crippen LogP contribution in [0.1, 0.15) is 265 Å². The molecule has 0 aliphatic rings. The monoisotopic (exact) mass is 873 g/mol. The first-order valence-electron chi connectivity index (χ1n) is 26.5. The van der Waals surface area contributed by atoms with Crippen molar-refractivity contribution >= 4 is 17.9 Å². The first-order chi connectivity index (χ1) is 30.4. The topological polar surface area (TPSA) is 99.1 Å². The molecule has 1 N–H and O–H groups in total. The molecule has 362 valence electrons. The van der Waals surface area contributed by atoms with Gasteiger partial charge in [-0.25, -0.2) is 0 Å². The van der Waals surface area contributed by atoms with Gasteiger partial charge < -0.3 is 19.3 Å². The van der Waals surface area contributed by atoms with E-state index >= 15 is 0 Å². The first-order valence-corrected chi connectivity index (χ1v) is 26.5. The van der Waals surface area contributed by atoms with Gasteiger partial charge in [-0.05, 0) is 96.3 Å². The molecule has 0 saturated carbocycles. The number of carbonyl (C=O) groups excluding carboxylic acids is 3. The summed E-state index contributed by atoms with van der Waals surface area (Å²) in [6, 6.07) is 0. The van der Waals surface area contributed by atoms with E-state index in [1.807, 2.05) is 0 Å². The Hall–Kier alpha value is -2.41. The Balaban J connectivity index is 4.64. The summed E-state index contributed by atoms with van der Waals surface area (Å²) in [5, 5.41) is 10.5. The summed E-state index contributed by atoms with van der Waals surface area (Å²) in [5.41, 5.74) is -1.20. The Morgan fingerprint density at radius 3 is 0.790 bits per heavy atom. The van der Waals surface area contributed by atoms with Gasteiger partial charge in [-0.2, -0.15) is 0 Å². The third-order valence-electron chi connectivity index (χ3n) is 11.9. The quantitative estimate of drug-likeness (QED) is 0.0281. The lowest BCUT2D eigenvalue weighted by Crippen LogP contribution is -2.42. The predicted molar refractivity (Wildman–Crippen MR) is 262 cm³/mol. The van der Waals surface area contributed by atoms with Gasteiger partial charge in [0.05, 0.1) is 12.0 Å². The second-order valence-electron chi connectivity index (χ2n) is 18.2. The van der Waals surface area contributed by atoms with E-state index in [0.29, 0.717) is 19.3 Å². The van der Waals surface area contributed by atoms with Crippen LogP contribution >= 0.6 is 0 Å². The molecule has 0 aliphatic carbocycles. The zero-order chi connectivity index (χ0) is 45.3. The highest BCUT2D eigenvalue weighted by atomic mass is 16.6. The Labute approximate surface area is 383 Å². The van der Waals surface area contributed by atoms with Gasteiger partial charge in [-0.1, -0.05) is 186 Å². The average molecular weight is 873 g/mol. The minimum atomic E-state index is -1.20. The highest BCUT2D eigenvalue weighted by molar-refractivity contribution is 5.70. The summed E-state index contributed by atoms with van der Waals surface area (Å²) in [6.45, 7) is 5.78. The smallest absolute Gasteiger partial charge is 0.305 e. The SMILES string of the molecule is CCCCCC/C=C\CCCCCCCC(=O)OCC(CO)(COC(=O)CCCCCCC/C=C\CCCCCC)COC(=O)CCCCCCC/C=C\CCCCCCCC. The number of hydrogen-bond acceptors (Lipinski definition) is 7. The molecule has 0 heterocycles. The molecule has 0 spiro atoms. The van der Waals surface area contributed by atoms with Crippen molar-refractivity contribution in [3.8, 4) is 0 Å². The van der Waals surface area contributed by atoms with Crippen LogP contribution < -0.4 is 0 Å². The normalized spacial score (nSPS) is 12.0. The molecule has 7 nitrogen and oxygen atoms in total. The van der Waals surface area contributed by atoms with Gasteiger partial charge in [0.25, 0.3) is 0 Å². The zero-order valence-electron chi connectivity index (χ0n) is 41.1. The summed E-state index contributed by atoms with van der Waals surface area (Å²) in [6.07, 6.45) is 55.4. The largest absolute Gasteiger partial charge is 0.465 e. The number of allylic oxidation sites excluding steroid dienone is 6. The highest BCUT2D eigenvalue weighted by Crippen LogP contribution is 2.22. The van der Waals surface area contributed by atoms with Crippen molar-refractivity contribution in [2.24, 2.45) is 5.41 Å². The summed E-state index contributed by atoms with van der Waals surface area (Å²) < 4.78 is 16.9. The van der Waals surface area contributed by atoms with Crippen molar-refractivity contribution in [2.75, 3.05) is 26.4 Å². The standard InChI is InChI=1S/C55H100O7/c1-4-7-10-13-16-19-22-25-26-29-32-35-38-41-44-47-54(59)62-51-55(48-56,49-60-52(57)45-42-39-36-33-30-27-23-20-17-14-11-8-5-2)50-61-53(58)46-43-40-37-34-31-28-24-21-18-15-12-9-6-3/h20-21,23-26,56H,4-19,22,27-51H2,1-3H3/b23-20-,24-21-,26-25-. The number of aliphatic hydroxyl groups is 1. The lowest BCUT2D eigenvalue weighted by molar-refractivity contribution is -0.165. The van der Waals surface area contributed by atoms with Crippen LogP contribution in [0.25, 0.3) is 0 Å². The third kappa shape index (κ3) is 42.9. The van der Waals surface area contributed by atoms with E-state index in [-0.39, 0.29) is 37.7 Å². The van der Waals surface area contributed by atoms with Gasteiger partial charge in [-0.15, -0.1) is 0 Å². The number of aliphatic hydroxyl groups excluding tert-OH is 1. The van der Waals surface area contributed by atoms with Crippen LogP contribution in [0.5, 0.6) is 0 Å². The fourth-order valence-corrected chi connectivity index (χ4v) is 7.49. The van der Waals surface area contributed by atoms with E-state index in [2.05, 4.69) is 57.2 Å². The Morgan fingerprint density at radius 2 is 0.548 bits per heavy atom. The summed E-state index contributed by atoms with van der Waals surface area (Å²) in [5.74, 6) is -1.03. The molecule has 0 aromatic rings. The second kappa shape index (κ2) is 48.1. The average Bonchev–Trinajstić information content (AvgIpc) is 3.28. The minimum absolute atomic E-state index is 0.172. The van der Waals surface area contributed by atoms with Crippen molar-refractivity contribution in [1.82, 2.24) is 0 Å². The maximum atomic E-state index is 12.8. The second-order valence-corrected chi connectivity index (χ2v) is 18.2. The third-order valence-corrected chi connectivity index (χ3v) is 11.9. The van der Waals surface area contributed by atoms with E-state index in [1.165, 1.54) is 128 Å². The number of hydrogen-bond donors (Lipinski definition) is 1. The molecule has 7 heteroatoms. The zero-order valence-corrected chi connectivity index (χ0v) is 41.1. The molecule has 0 amide bonds. The van der Waals surface area contributed by atoms with Crippen LogP contribution in [-0.4, -0.2) is 49.4 Å². The summed E-state index contributed by atoms with van der Waals surface area (Å²) in [7, 11) is 0. The molecule has 0 aliphatic heterocycles. The maximum absolute atomic E-state index is 12.8. The fourth-order valence-electron chi connectivity index (χ4n) is 7.49. The van der Waals surface area contributed by atoms with Crippen LogP contribution in [-0.2, 0) is 28.6 Å². The first kappa shape index (κ1) is 59.6. The van der Waals surface area contributed by atoms with Gasteiger partial charge in [-0.3, -0.25) is 14.4 Å². The predicted octanol–water partition coefficient (Wildman–Crippen LogP) is 16.1. The van der Waals surface area contributed by atoms with Gasteiger partial charge in [0.2, 0.25) is 0 Å². The van der Waals surface area contributed by atoms with Crippen molar-refractivity contribution in [1.29, 1.82) is 0 Å². The van der Waals surface area contributed by atoms with Crippen LogP contribution in [0.15, 0.2) is 36.5 Å². The highest BCUT2D eigenvalue weighted by Gasteiger charge is 2.35. The molecule has 0 rings (SSSR count). The number of ether oxygens (including phenoxy) is 3. The summed E-state index contributed by atoms with van der Waals surface area (Å²) in [4.78, 5) is 38.3. The van der Waals surface area contributed by atoms with Crippen LogP contribution in [0, 0.1) is 5.41 Å². The lowest BCUT2D eigenvalue weighted by Gasteiger charge is -2.30. The Bertz CT molecular complexity index is 1030. The Morgan fingerprint density at radius 1 is 0.339 bits per heavy atom. The van der Waals surface area contributed by atoms with Crippen LogP contribution in [0.2, 0.25) is 0 Å². The number of esters is 3. The molecule has 0 bridgehead atoms. The molecule has 0 fully saturated rings.